The first-order valence-electron chi connectivity index (χ1n) is 9.73. The summed E-state index contributed by atoms with van der Waals surface area (Å²) in [7, 11) is 1.74. The van der Waals surface area contributed by atoms with Crippen LogP contribution in [0.3, 0.4) is 0 Å². The van der Waals surface area contributed by atoms with Crippen LogP contribution in [0.25, 0.3) is 0 Å². The molecule has 0 bridgehead atoms. The van der Waals surface area contributed by atoms with E-state index in [1.807, 2.05) is 6.07 Å². The van der Waals surface area contributed by atoms with Crippen LogP contribution in [-0.4, -0.2) is 38.5 Å². The Bertz CT molecular complexity index is 822. The van der Waals surface area contributed by atoms with Crippen molar-refractivity contribution in [2.75, 3.05) is 37.4 Å². The molecule has 5 rings (SSSR count). The third-order valence-corrected chi connectivity index (χ3v) is 7.16. The van der Waals surface area contributed by atoms with Crippen molar-refractivity contribution in [3.8, 4) is 5.75 Å². The van der Waals surface area contributed by atoms with Gasteiger partial charge in [-0.15, -0.1) is 11.8 Å². The van der Waals surface area contributed by atoms with Gasteiger partial charge in [-0.1, -0.05) is 18.2 Å². The summed E-state index contributed by atoms with van der Waals surface area (Å²) in [4.78, 5) is 4.25. The molecular formula is C22H26N2OS. The van der Waals surface area contributed by atoms with Crippen molar-refractivity contribution >= 4 is 17.4 Å². The number of rotatable bonds is 3. The fraction of sp³-hybridized carbons (Fsp3) is 0.455. The van der Waals surface area contributed by atoms with E-state index < -0.39 is 0 Å². The van der Waals surface area contributed by atoms with E-state index in [0.29, 0.717) is 12.0 Å². The number of piperidine rings is 1. The van der Waals surface area contributed by atoms with Gasteiger partial charge >= 0.3 is 0 Å². The maximum Gasteiger partial charge on any atom is 0.119 e. The number of anilines is 1. The van der Waals surface area contributed by atoms with Crippen LogP contribution in [0, 0.1) is 0 Å². The van der Waals surface area contributed by atoms with E-state index in [2.05, 4.69) is 52.3 Å². The number of fused-ring (bicyclic) bond motifs is 3. The topological polar surface area (TPSA) is 24.5 Å². The number of ether oxygens (including phenoxy) is 1. The number of benzene rings is 2. The average Bonchev–Trinajstić information content (AvgIpc) is 2.84. The zero-order valence-corrected chi connectivity index (χ0v) is 16.1. The van der Waals surface area contributed by atoms with Crippen LogP contribution in [-0.2, 0) is 6.42 Å². The summed E-state index contributed by atoms with van der Waals surface area (Å²) >= 11 is 2.06. The first kappa shape index (κ1) is 16.5. The highest BCUT2D eigenvalue weighted by atomic mass is 32.2. The maximum atomic E-state index is 5.40. The summed E-state index contributed by atoms with van der Waals surface area (Å²) in [6.45, 7) is 3.51. The molecule has 0 aromatic heterocycles. The molecule has 2 aromatic carbocycles. The molecule has 1 fully saturated rings. The van der Waals surface area contributed by atoms with Gasteiger partial charge in [0.25, 0.3) is 0 Å². The Balaban J connectivity index is 1.54. The molecule has 3 heterocycles. The summed E-state index contributed by atoms with van der Waals surface area (Å²) < 4.78 is 5.40. The second-order valence-corrected chi connectivity index (χ2v) is 8.76. The van der Waals surface area contributed by atoms with Crippen molar-refractivity contribution < 1.29 is 4.74 Å². The highest BCUT2D eigenvalue weighted by Gasteiger charge is 2.41. The van der Waals surface area contributed by atoms with Gasteiger partial charge in [0.05, 0.1) is 12.8 Å². The lowest BCUT2D eigenvalue weighted by atomic mass is 9.89. The van der Waals surface area contributed by atoms with E-state index in [9.17, 15) is 0 Å². The smallest absolute Gasteiger partial charge is 0.119 e. The van der Waals surface area contributed by atoms with E-state index in [4.69, 9.17) is 4.74 Å². The lowest BCUT2D eigenvalue weighted by molar-refractivity contribution is 0.403. The van der Waals surface area contributed by atoms with E-state index in [-0.39, 0.29) is 0 Å². The number of methoxy groups -OCH3 is 1. The highest BCUT2D eigenvalue weighted by molar-refractivity contribution is 7.99. The standard InChI is InChI=1S/C22H26N2OS/c1-25-17-5-2-4-15(11-17)10-16-12-18-19-14-23-7-6-20(19)24-8-3-9-26-21(13-16)22(18)24/h2,4-5,11-13,19-20,23H,3,6-10,14H2,1H3/t19-,20-/m0/s1. The number of nitrogens with zero attached hydrogens (tertiary/aromatic N) is 1. The van der Waals surface area contributed by atoms with Gasteiger partial charge in [-0.2, -0.15) is 0 Å². The zero-order valence-electron chi connectivity index (χ0n) is 15.3. The zero-order chi connectivity index (χ0) is 17.5. The lowest BCUT2D eigenvalue weighted by Crippen LogP contribution is -2.44. The first-order chi connectivity index (χ1) is 12.8. The maximum absolute atomic E-state index is 5.40. The third kappa shape index (κ3) is 2.80. The largest absolute Gasteiger partial charge is 0.497 e. The molecule has 0 amide bonds. The lowest BCUT2D eigenvalue weighted by Gasteiger charge is -2.33. The van der Waals surface area contributed by atoms with Crippen LogP contribution in [0.1, 0.15) is 35.4 Å². The fourth-order valence-electron chi connectivity index (χ4n) is 4.90. The summed E-state index contributed by atoms with van der Waals surface area (Å²) in [5.74, 6) is 2.83. The molecule has 2 atom stereocenters. The van der Waals surface area contributed by atoms with Gasteiger partial charge < -0.3 is 15.0 Å². The second-order valence-electron chi connectivity index (χ2n) is 7.62. The molecule has 3 aliphatic heterocycles. The summed E-state index contributed by atoms with van der Waals surface area (Å²) in [5.41, 5.74) is 5.91. The van der Waals surface area contributed by atoms with E-state index in [0.717, 1.165) is 25.3 Å². The predicted octanol–water partition coefficient (Wildman–Crippen LogP) is 4.05. The average molecular weight is 367 g/mol. The molecule has 0 unspecified atom stereocenters. The van der Waals surface area contributed by atoms with Crippen molar-refractivity contribution in [2.24, 2.45) is 0 Å². The van der Waals surface area contributed by atoms with Crippen molar-refractivity contribution in [3.05, 3.63) is 53.1 Å². The molecule has 0 saturated carbocycles. The van der Waals surface area contributed by atoms with Crippen molar-refractivity contribution in [1.82, 2.24) is 5.32 Å². The molecule has 0 spiro atoms. The van der Waals surface area contributed by atoms with Crippen LogP contribution in [0.4, 0.5) is 5.69 Å². The van der Waals surface area contributed by atoms with E-state index >= 15 is 0 Å². The van der Waals surface area contributed by atoms with Crippen LogP contribution in [0.15, 0.2) is 41.3 Å². The van der Waals surface area contributed by atoms with E-state index in [1.54, 1.807) is 18.4 Å². The predicted molar refractivity (Wildman–Crippen MR) is 109 cm³/mol. The van der Waals surface area contributed by atoms with Crippen molar-refractivity contribution in [2.45, 2.75) is 36.1 Å². The molecule has 1 saturated heterocycles. The van der Waals surface area contributed by atoms with Gasteiger partial charge in [0.1, 0.15) is 5.75 Å². The van der Waals surface area contributed by atoms with Crippen molar-refractivity contribution in [1.29, 1.82) is 0 Å². The first-order valence-corrected chi connectivity index (χ1v) is 10.7. The number of nitrogens with one attached hydrogen (secondary N) is 1. The Kier molecular flexibility index (Phi) is 4.33. The molecule has 3 nitrogen and oxygen atoms in total. The van der Waals surface area contributed by atoms with Crippen LogP contribution < -0.4 is 15.0 Å². The van der Waals surface area contributed by atoms with E-state index in [1.165, 1.54) is 41.2 Å². The fourth-order valence-corrected chi connectivity index (χ4v) is 6.00. The molecule has 0 aliphatic carbocycles. The summed E-state index contributed by atoms with van der Waals surface area (Å²) in [6, 6.07) is 14.1. The van der Waals surface area contributed by atoms with Crippen LogP contribution >= 0.6 is 11.8 Å². The number of hydrogen-bond acceptors (Lipinski definition) is 4. The van der Waals surface area contributed by atoms with Crippen LogP contribution in [0.2, 0.25) is 0 Å². The minimum absolute atomic E-state index is 0.654. The summed E-state index contributed by atoms with van der Waals surface area (Å²) in [6.07, 6.45) is 3.54. The Hall–Kier alpha value is -1.65. The third-order valence-electron chi connectivity index (χ3n) is 6.04. The monoisotopic (exact) mass is 366 g/mol. The Labute approximate surface area is 160 Å². The molecule has 4 heteroatoms. The Morgan fingerprint density at radius 3 is 3.12 bits per heavy atom. The Morgan fingerprint density at radius 1 is 1.23 bits per heavy atom. The van der Waals surface area contributed by atoms with Gasteiger partial charge in [0, 0.05) is 29.9 Å². The van der Waals surface area contributed by atoms with Gasteiger partial charge in [0.15, 0.2) is 0 Å². The molecule has 2 aromatic rings. The highest BCUT2D eigenvalue weighted by Crippen LogP contribution is 2.50. The van der Waals surface area contributed by atoms with Crippen LogP contribution in [0.5, 0.6) is 5.75 Å². The van der Waals surface area contributed by atoms with Crippen molar-refractivity contribution in [3.63, 3.8) is 0 Å². The van der Waals surface area contributed by atoms with Gasteiger partial charge in [-0.05, 0) is 66.4 Å². The minimum atomic E-state index is 0.654. The van der Waals surface area contributed by atoms with Gasteiger partial charge in [-0.25, -0.2) is 0 Å². The minimum Gasteiger partial charge on any atom is -0.497 e. The molecule has 3 aliphatic rings. The Morgan fingerprint density at radius 2 is 2.19 bits per heavy atom. The molecule has 136 valence electrons. The SMILES string of the molecule is COc1cccc(Cc2cc3c4c(c2)[C@@H]2CNCC[C@@H]2N4CCCS3)c1. The normalized spacial score (nSPS) is 24.0. The summed E-state index contributed by atoms with van der Waals surface area (Å²) in [5, 5.41) is 3.63. The molecule has 0 radical (unpaired) electrons. The molecule has 26 heavy (non-hydrogen) atoms. The molecular weight excluding hydrogens is 340 g/mol. The van der Waals surface area contributed by atoms with Gasteiger partial charge in [0.2, 0.25) is 0 Å². The number of hydrogen-bond donors (Lipinski definition) is 1. The number of thioether (sulfide) groups is 1. The molecule has 1 N–H and O–H groups in total. The second kappa shape index (κ2) is 6.82. The van der Waals surface area contributed by atoms with Gasteiger partial charge in [-0.3, -0.25) is 0 Å². The quantitative estimate of drug-likeness (QED) is 0.886.